The van der Waals surface area contributed by atoms with Crippen LogP contribution in [0, 0.1) is 0 Å². The fourth-order valence-corrected chi connectivity index (χ4v) is 1.07. The van der Waals surface area contributed by atoms with Crippen molar-refractivity contribution in [2.45, 2.75) is 18.5 Å². The summed E-state index contributed by atoms with van der Waals surface area (Å²) in [6.45, 7) is 1.21. The average Bonchev–Trinajstić information content (AvgIpc) is 1.62. The van der Waals surface area contributed by atoms with Crippen molar-refractivity contribution in [3.05, 3.63) is 0 Å². The Morgan fingerprint density at radius 1 is 1.33 bits per heavy atom. The lowest BCUT2D eigenvalue weighted by atomic mass is 10.4. The molecule has 4 nitrogen and oxygen atoms in total. The fraction of sp³-hybridized carbons (Fsp3) is 1.00. The van der Waals surface area contributed by atoms with E-state index in [4.69, 9.17) is 10.2 Å². The van der Waals surface area contributed by atoms with E-state index in [-0.39, 0.29) is 0 Å². The number of aliphatic hydroxyl groups excluding tert-OH is 2. The molecule has 0 radical (unpaired) electrons. The van der Waals surface area contributed by atoms with Crippen LogP contribution in [0.15, 0.2) is 0 Å². The molecule has 5 heteroatoms. The molecule has 0 fully saturated rings. The SMILES string of the molecule is CC(O)C(O)S(C)(=O)=O. The molecule has 0 aliphatic heterocycles. The molecule has 0 bridgehead atoms. The molecule has 0 aromatic heterocycles. The van der Waals surface area contributed by atoms with E-state index < -0.39 is 21.4 Å². The molecule has 0 aromatic rings. The Balaban J connectivity index is 4.24. The van der Waals surface area contributed by atoms with Crippen LogP contribution in [-0.2, 0) is 9.84 Å². The molecule has 0 amide bonds. The normalized spacial score (nSPS) is 19.1. The Morgan fingerprint density at radius 2 is 1.67 bits per heavy atom. The summed E-state index contributed by atoms with van der Waals surface area (Å²) >= 11 is 0. The highest BCUT2D eigenvalue weighted by molar-refractivity contribution is 7.91. The van der Waals surface area contributed by atoms with Gasteiger partial charge in [-0.1, -0.05) is 0 Å². The third-order valence-corrected chi connectivity index (χ3v) is 2.12. The maximum Gasteiger partial charge on any atom is 0.180 e. The third kappa shape index (κ3) is 2.78. The summed E-state index contributed by atoms with van der Waals surface area (Å²) < 4.78 is 20.7. The predicted octanol–water partition coefficient (Wildman–Crippen LogP) is -1.27. The molecule has 9 heavy (non-hydrogen) atoms. The topological polar surface area (TPSA) is 74.6 Å². The molecule has 0 saturated carbocycles. The molecule has 0 rings (SSSR count). The van der Waals surface area contributed by atoms with Crippen LogP contribution in [0.2, 0.25) is 0 Å². The van der Waals surface area contributed by atoms with Crippen LogP contribution in [0.4, 0.5) is 0 Å². The molecule has 0 aromatic carbocycles. The van der Waals surface area contributed by atoms with Gasteiger partial charge in [-0.15, -0.1) is 0 Å². The van der Waals surface area contributed by atoms with Gasteiger partial charge in [-0.2, -0.15) is 0 Å². The summed E-state index contributed by atoms with van der Waals surface area (Å²) in [5.41, 5.74) is -1.66. The van der Waals surface area contributed by atoms with Crippen LogP contribution in [0.1, 0.15) is 6.92 Å². The van der Waals surface area contributed by atoms with Gasteiger partial charge in [0.25, 0.3) is 0 Å². The Kier molecular flexibility index (Phi) is 2.60. The third-order valence-electron chi connectivity index (χ3n) is 0.851. The van der Waals surface area contributed by atoms with Gasteiger partial charge < -0.3 is 10.2 Å². The lowest BCUT2D eigenvalue weighted by Crippen LogP contribution is -2.30. The second-order valence-corrected chi connectivity index (χ2v) is 4.10. The van der Waals surface area contributed by atoms with Gasteiger partial charge in [0.15, 0.2) is 15.3 Å². The molecular formula is C4H10O4S. The van der Waals surface area contributed by atoms with E-state index in [0.29, 0.717) is 0 Å². The maximum atomic E-state index is 10.4. The highest BCUT2D eigenvalue weighted by Crippen LogP contribution is 1.99. The zero-order chi connectivity index (χ0) is 7.65. The van der Waals surface area contributed by atoms with Gasteiger partial charge in [0.2, 0.25) is 0 Å². The fourth-order valence-electron chi connectivity index (χ4n) is 0.358. The zero-order valence-corrected chi connectivity index (χ0v) is 6.09. The van der Waals surface area contributed by atoms with E-state index in [0.717, 1.165) is 6.26 Å². The maximum absolute atomic E-state index is 10.4. The molecular weight excluding hydrogens is 144 g/mol. The van der Waals surface area contributed by atoms with Gasteiger partial charge in [0.05, 0.1) is 6.10 Å². The van der Waals surface area contributed by atoms with Crippen molar-refractivity contribution in [1.29, 1.82) is 0 Å². The quantitative estimate of drug-likeness (QED) is 0.520. The Hall–Kier alpha value is -0.130. The lowest BCUT2D eigenvalue weighted by Gasteiger charge is -2.09. The Morgan fingerprint density at radius 3 is 1.67 bits per heavy atom. The Labute approximate surface area is 54.0 Å². The van der Waals surface area contributed by atoms with E-state index in [2.05, 4.69) is 0 Å². The first-order chi connectivity index (χ1) is 3.85. The summed E-state index contributed by atoms with van der Waals surface area (Å²) in [4.78, 5) is 0. The first kappa shape index (κ1) is 8.87. The minimum absolute atomic E-state index is 0.865. The van der Waals surface area contributed by atoms with E-state index in [1.165, 1.54) is 6.92 Å². The predicted molar refractivity (Wildman–Crippen MR) is 32.5 cm³/mol. The van der Waals surface area contributed by atoms with Crippen molar-refractivity contribution in [2.24, 2.45) is 0 Å². The summed E-state index contributed by atoms with van der Waals surface area (Å²) in [6, 6.07) is 0. The standard InChI is InChI=1S/C4H10O4S/c1-3(5)4(6)9(2,7)8/h3-6H,1-2H3. The number of hydrogen-bond donors (Lipinski definition) is 2. The number of aliphatic hydroxyl groups is 2. The highest BCUT2D eigenvalue weighted by atomic mass is 32.2. The van der Waals surface area contributed by atoms with E-state index in [9.17, 15) is 8.42 Å². The largest absolute Gasteiger partial charge is 0.390 e. The van der Waals surface area contributed by atoms with Crippen molar-refractivity contribution in [3.63, 3.8) is 0 Å². The van der Waals surface area contributed by atoms with Gasteiger partial charge >= 0.3 is 0 Å². The van der Waals surface area contributed by atoms with Crippen LogP contribution in [0.25, 0.3) is 0 Å². The van der Waals surface area contributed by atoms with E-state index in [1.807, 2.05) is 0 Å². The van der Waals surface area contributed by atoms with Crippen LogP contribution in [0.3, 0.4) is 0 Å². The average molecular weight is 154 g/mol. The van der Waals surface area contributed by atoms with Crippen molar-refractivity contribution < 1.29 is 18.6 Å². The number of rotatable bonds is 2. The van der Waals surface area contributed by atoms with Crippen molar-refractivity contribution in [1.82, 2.24) is 0 Å². The van der Waals surface area contributed by atoms with Crippen LogP contribution < -0.4 is 0 Å². The van der Waals surface area contributed by atoms with Crippen molar-refractivity contribution >= 4 is 9.84 Å². The first-order valence-corrected chi connectivity index (χ1v) is 4.36. The first-order valence-electron chi connectivity index (χ1n) is 2.40. The zero-order valence-electron chi connectivity index (χ0n) is 5.27. The molecule has 2 unspecified atom stereocenters. The van der Waals surface area contributed by atoms with Crippen LogP contribution >= 0.6 is 0 Å². The molecule has 0 aliphatic carbocycles. The molecule has 56 valence electrons. The van der Waals surface area contributed by atoms with Gasteiger partial charge in [-0.05, 0) is 6.92 Å². The lowest BCUT2D eigenvalue weighted by molar-refractivity contribution is 0.0813. The smallest absolute Gasteiger partial charge is 0.180 e. The molecule has 0 aliphatic rings. The van der Waals surface area contributed by atoms with E-state index in [1.54, 1.807) is 0 Å². The molecule has 2 atom stereocenters. The molecule has 0 saturated heterocycles. The van der Waals surface area contributed by atoms with Crippen LogP contribution in [-0.4, -0.2) is 36.4 Å². The van der Waals surface area contributed by atoms with Gasteiger partial charge in [0, 0.05) is 6.26 Å². The minimum Gasteiger partial charge on any atom is -0.390 e. The second-order valence-electron chi connectivity index (χ2n) is 1.96. The summed E-state index contributed by atoms with van der Waals surface area (Å²) in [6.07, 6.45) is -0.357. The molecule has 2 N–H and O–H groups in total. The summed E-state index contributed by atoms with van der Waals surface area (Å²) in [5, 5.41) is 17.2. The van der Waals surface area contributed by atoms with Crippen LogP contribution in [0.5, 0.6) is 0 Å². The number of sulfone groups is 1. The van der Waals surface area contributed by atoms with E-state index >= 15 is 0 Å². The van der Waals surface area contributed by atoms with Gasteiger partial charge in [-0.25, -0.2) is 8.42 Å². The monoisotopic (exact) mass is 154 g/mol. The number of hydrogen-bond acceptors (Lipinski definition) is 4. The molecule has 0 spiro atoms. The minimum atomic E-state index is -3.50. The van der Waals surface area contributed by atoms with Gasteiger partial charge in [-0.3, -0.25) is 0 Å². The molecule has 0 heterocycles. The summed E-state index contributed by atoms with van der Waals surface area (Å²) in [5.74, 6) is 0. The van der Waals surface area contributed by atoms with Gasteiger partial charge in [0.1, 0.15) is 0 Å². The summed E-state index contributed by atoms with van der Waals surface area (Å²) in [7, 11) is -3.50. The highest BCUT2D eigenvalue weighted by Gasteiger charge is 2.21. The second kappa shape index (κ2) is 2.64. The Bertz CT molecular complexity index is 169. The van der Waals surface area contributed by atoms with Crippen molar-refractivity contribution in [2.75, 3.05) is 6.26 Å². The van der Waals surface area contributed by atoms with Crippen molar-refractivity contribution in [3.8, 4) is 0 Å².